The van der Waals surface area contributed by atoms with Crippen LogP contribution in [0.1, 0.15) is 29.7 Å². The summed E-state index contributed by atoms with van der Waals surface area (Å²) < 4.78 is 26.3. The zero-order valence-corrected chi connectivity index (χ0v) is 21.0. The van der Waals surface area contributed by atoms with Gasteiger partial charge in [0.2, 0.25) is 0 Å². The van der Waals surface area contributed by atoms with E-state index in [9.17, 15) is 14.0 Å². The molecular weight excluding hydrogens is 491 g/mol. The quantitative estimate of drug-likeness (QED) is 0.364. The van der Waals surface area contributed by atoms with Crippen LogP contribution in [0.5, 0.6) is 5.75 Å². The SMILES string of the molecule is CCOC(=O)C1=C(c2ccccc2)N=c2s/c(=C\c3ccc(F)cc3)c(=O)n2[C@H]1c1cccc(OC)c1. The number of benzene rings is 3. The maximum Gasteiger partial charge on any atom is 0.338 e. The molecule has 0 radical (unpaired) electrons. The number of halogens is 1. The lowest BCUT2D eigenvalue weighted by Crippen LogP contribution is -2.40. The van der Waals surface area contributed by atoms with Crippen molar-refractivity contribution in [3.63, 3.8) is 0 Å². The van der Waals surface area contributed by atoms with Crippen molar-refractivity contribution in [1.82, 2.24) is 4.57 Å². The molecule has 0 bridgehead atoms. The molecule has 4 aromatic rings. The fraction of sp³-hybridized carbons (Fsp3) is 0.138. The van der Waals surface area contributed by atoms with Crippen LogP contribution in [0.2, 0.25) is 0 Å². The van der Waals surface area contributed by atoms with E-state index in [1.807, 2.05) is 42.5 Å². The van der Waals surface area contributed by atoms with Gasteiger partial charge >= 0.3 is 5.97 Å². The Labute approximate surface area is 216 Å². The number of hydrogen-bond acceptors (Lipinski definition) is 6. The Hall–Kier alpha value is -4.30. The highest BCUT2D eigenvalue weighted by molar-refractivity contribution is 7.07. The van der Waals surface area contributed by atoms with Crippen molar-refractivity contribution >= 4 is 29.1 Å². The van der Waals surface area contributed by atoms with Crippen LogP contribution in [0.4, 0.5) is 4.39 Å². The number of hydrogen-bond donors (Lipinski definition) is 0. The molecule has 0 unspecified atom stereocenters. The van der Waals surface area contributed by atoms with Crippen molar-refractivity contribution in [3.8, 4) is 5.75 Å². The number of methoxy groups -OCH3 is 1. The van der Waals surface area contributed by atoms with Gasteiger partial charge in [0.25, 0.3) is 5.56 Å². The molecule has 2 heterocycles. The number of ether oxygens (including phenoxy) is 2. The summed E-state index contributed by atoms with van der Waals surface area (Å²) in [4.78, 5) is 32.5. The maximum absolute atomic E-state index is 13.8. The minimum Gasteiger partial charge on any atom is -0.497 e. The van der Waals surface area contributed by atoms with Gasteiger partial charge in [-0.1, -0.05) is 65.9 Å². The summed E-state index contributed by atoms with van der Waals surface area (Å²) >= 11 is 1.21. The topological polar surface area (TPSA) is 69.9 Å². The first-order valence-electron chi connectivity index (χ1n) is 11.7. The Bertz CT molecular complexity index is 1670. The van der Waals surface area contributed by atoms with Gasteiger partial charge in [0.15, 0.2) is 4.80 Å². The Morgan fingerprint density at radius 1 is 1.08 bits per heavy atom. The zero-order valence-electron chi connectivity index (χ0n) is 20.2. The molecule has 0 amide bonds. The molecule has 0 N–H and O–H groups in total. The van der Waals surface area contributed by atoms with Gasteiger partial charge in [-0.3, -0.25) is 9.36 Å². The summed E-state index contributed by atoms with van der Waals surface area (Å²) in [7, 11) is 1.56. The molecule has 3 aromatic carbocycles. The Balaban J connectivity index is 1.83. The minimum absolute atomic E-state index is 0.171. The maximum atomic E-state index is 13.8. The van der Waals surface area contributed by atoms with Crippen LogP contribution in [-0.4, -0.2) is 24.3 Å². The summed E-state index contributed by atoms with van der Waals surface area (Å²) in [5.74, 6) is -0.318. The van der Waals surface area contributed by atoms with Crippen molar-refractivity contribution in [2.45, 2.75) is 13.0 Å². The highest BCUT2D eigenvalue weighted by Crippen LogP contribution is 2.36. The molecule has 6 nitrogen and oxygen atoms in total. The van der Waals surface area contributed by atoms with E-state index in [1.165, 1.54) is 28.0 Å². The number of carbonyl (C=O) groups excluding carboxylic acids is 1. The second-order valence-corrected chi connectivity index (χ2v) is 9.27. The molecule has 1 aliphatic rings. The molecule has 186 valence electrons. The molecule has 1 aliphatic heterocycles. The molecule has 0 saturated heterocycles. The second-order valence-electron chi connectivity index (χ2n) is 8.26. The van der Waals surface area contributed by atoms with E-state index >= 15 is 0 Å². The molecule has 1 atom stereocenters. The molecule has 8 heteroatoms. The van der Waals surface area contributed by atoms with E-state index < -0.39 is 12.0 Å². The largest absolute Gasteiger partial charge is 0.497 e. The van der Waals surface area contributed by atoms with Crippen LogP contribution in [-0.2, 0) is 9.53 Å². The van der Waals surface area contributed by atoms with E-state index in [-0.39, 0.29) is 23.6 Å². The molecule has 0 spiro atoms. The molecule has 0 saturated carbocycles. The van der Waals surface area contributed by atoms with Crippen molar-refractivity contribution in [3.05, 3.63) is 127 Å². The number of aromatic nitrogens is 1. The number of carbonyl (C=O) groups is 1. The van der Waals surface area contributed by atoms with Crippen molar-refractivity contribution in [2.75, 3.05) is 13.7 Å². The summed E-state index contributed by atoms with van der Waals surface area (Å²) in [6.07, 6.45) is 1.70. The lowest BCUT2D eigenvalue weighted by Gasteiger charge is -2.26. The number of rotatable bonds is 6. The van der Waals surface area contributed by atoms with E-state index in [1.54, 1.807) is 44.4 Å². The number of nitrogens with zero attached hydrogens (tertiary/aromatic N) is 2. The molecule has 37 heavy (non-hydrogen) atoms. The average Bonchev–Trinajstić information content (AvgIpc) is 3.24. The van der Waals surface area contributed by atoms with Crippen LogP contribution in [0.25, 0.3) is 11.8 Å². The van der Waals surface area contributed by atoms with Crippen molar-refractivity contribution < 1.29 is 18.7 Å². The summed E-state index contributed by atoms with van der Waals surface area (Å²) in [6, 6.07) is 21.7. The van der Waals surface area contributed by atoms with Crippen LogP contribution >= 0.6 is 11.3 Å². The fourth-order valence-corrected chi connectivity index (χ4v) is 5.28. The number of fused-ring (bicyclic) bond motifs is 1. The zero-order chi connectivity index (χ0) is 25.9. The lowest BCUT2D eigenvalue weighted by molar-refractivity contribution is -0.138. The molecule has 0 aliphatic carbocycles. The van der Waals surface area contributed by atoms with Crippen molar-refractivity contribution in [2.24, 2.45) is 4.99 Å². The highest BCUT2D eigenvalue weighted by Gasteiger charge is 2.35. The third-order valence-electron chi connectivity index (χ3n) is 5.95. The third kappa shape index (κ3) is 4.75. The highest BCUT2D eigenvalue weighted by atomic mass is 32.1. The predicted molar refractivity (Wildman–Crippen MR) is 140 cm³/mol. The third-order valence-corrected chi connectivity index (χ3v) is 6.93. The van der Waals surface area contributed by atoms with Gasteiger partial charge in [0.05, 0.1) is 35.6 Å². The van der Waals surface area contributed by atoms with Crippen LogP contribution in [0, 0.1) is 5.82 Å². The van der Waals surface area contributed by atoms with Gasteiger partial charge in [-0.05, 0) is 48.4 Å². The van der Waals surface area contributed by atoms with Gasteiger partial charge in [-0.25, -0.2) is 14.2 Å². The van der Waals surface area contributed by atoms with E-state index in [0.717, 1.165) is 5.56 Å². The van der Waals surface area contributed by atoms with E-state index in [4.69, 9.17) is 14.5 Å². The molecule has 0 fully saturated rings. The van der Waals surface area contributed by atoms with E-state index in [2.05, 4.69) is 0 Å². The fourth-order valence-electron chi connectivity index (χ4n) is 4.28. The van der Waals surface area contributed by atoms with Crippen LogP contribution in [0.3, 0.4) is 0 Å². The normalized spacial score (nSPS) is 15.2. The molecular formula is C29H23FN2O4S. The molecule has 5 rings (SSSR count). The monoisotopic (exact) mass is 514 g/mol. The van der Waals surface area contributed by atoms with Gasteiger partial charge in [-0.15, -0.1) is 0 Å². The Kier molecular flexibility index (Phi) is 6.83. The summed E-state index contributed by atoms with van der Waals surface area (Å²) in [6.45, 7) is 1.91. The first-order valence-corrected chi connectivity index (χ1v) is 12.5. The molecule has 1 aromatic heterocycles. The van der Waals surface area contributed by atoms with Gasteiger partial charge in [0.1, 0.15) is 11.6 Å². The minimum atomic E-state index is -0.795. The van der Waals surface area contributed by atoms with Crippen LogP contribution in [0.15, 0.2) is 94.2 Å². The summed E-state index contributed by atoms with van der Waals surface area (Å²) in [5, 5.41) is 0. The standard InChI is InChI=1S/C29H23FN2O4S/c1-3-36-28(34)24-25(19-8-5-4-6-9-19)31-29-32(26(24)20-10-7-11-22(17-20)35-2)27(33)23(37-29)16-18-12-14-21(30)15-13-18/h4-17,26H,3H2,1-2H3/b23-16-/t26-/m0/s1. The predicted octanol–water partition coefficient (Wildman–Crippen LogP) is 4.08. The number of esters is 1. The second kappa shape index (κ2) is 10.4. The Morgan fingerprint density at radius 3 is 2.54 bits per heavy atom. The average molecular weight is 515 g/mol. The first-order chi connectivity index (χ1) is 18.0. The smallest absolute Gasteiger partial charge is 0.338 e. The van der Waals surface area contributed by atoms with Crippen molar-refractivity contribution in [1.29, 1.82) is 0 Å². The van der Waals surface area contributed by atoms with Gasteiger partial charge in [0, 0.05) is 5.56 Å². The van der Waals surface area contributed by atoms with Gasteiger partial charge in [-0.2, -0.15) is 0 Å². The van der Waals surface area contributed by atoms with Crippen LogP contribution < -0.4 is 19.6 Å². The van der Waals surface area contributed by atoms with E-state index in [0.29, 0.717) is 31.9 Å². The lowest BCUT2D eigenvalue weighted by atomic mass is 9.93. The first kappa shape index (κ1) is 24.4. The Morgan fingerprint density at radius 2 is 1.84 bits per heavy atom. The number of thiazole rings is 1. The van der Waals surface area contributed by atoms with Gasteiger partial charge < -0.3 is 9.47 Å². The summed E-state index contributed by atoms with van der Waals surface area (Å²) in [5.41, 5.74) is 2.49.